The molecule has 1 saturated heterocycles. The number of carbonyl (C=O) groups is 1. The van der Waals surface area contributed by atoms with Crippen molar-refractivity contribution in [2.45, 2.75) is 31.7 Å². The van der Waals surface area contributed by atoms with E-state index in [4.69, 9.17) is 0 Å². The smallest absolute Gasteiger partial charge is 0.249 e. The molecule has 0 spiro atoms. The molecule has 1 unspecified atom stereocenters. The zero-order chi connectivity index (χ0) is 22.1. The first-order chi connectivity index (χ1) is 14.1. The molecule has 0 saturated carbocycles. The number of nitrogens with one attached hydrogen (secondary N) is 1. The largest absolute Gasteiger partial charge is 0.324 e. The normalized spacial score (nSPS) is 17.0. The van der Waals surface area contributed by atoms with Gasteiger partial charge in [0.2, 0.25) is 15.9 Å². The Morgan fingerprint density at radius 2 is 1.47 bits per heavy atom. The molecule has 1 atom stereocenters. The Hall–Kier alpha value is -2.36. The van der Waals surface area contributed by atoms with Crippen LogP contribution in [0, 0.1) is 25.5 Å². The molecule has 9 heteroatoms. The van der Waals surface area contributed by atoms with Crippen LogP contribution in [0.25, 0.3) is 0 Å². The topological polar surface area (TPSA) is 69.7 Å². The number of carbonyl (C=O) groups excluding carboxylic acids is 1. The van der Waals surface area contributed by atoms with E-state index in [1.807, 2.05) is 36.9 Å². The van der Waals surface area contributed by atoms with Crippen LogP contribution in [-0.2, 0) is 14.8 Å². The molecule has 1 aliphatic rings. The highest BCUT2D eigenvalue weighted by atomic mass is 32.2. The molecule has 1 fully saturated rings. The van der Waals surface area contributed by atoms with Crippen molar-refractivity contribution in [1.82, 2.24) is 9.21 Å². The number of sulfonamides is 1. The summed E-state index contributed by atoms with van der Waals surface area (Å²) in [6, 6.07) is 8.23. The van der Waals surface area contributed by atoms with Gasteiger partial charge in [-0.05, 0) is 44.0 Å². The molecule has 0 aromatic heterocycles. The molecule has 0 aliphatic carbocycles. The zero-order valence-electron chi connectivity index (χ0n) is 17.2. The number of hydrogen-bond acceptors (Lipinski definition) is 4. The molecular formula is C21H25F2N3O3S. The number of para-hydroxylation sites is 1. The summed E-state index contributed by atoms with van der Waals surface area (Å²) in [5.41, 5.74) is 2.68. The summed E-state index contributed by atoms with van der Waals surface area (Å²) in [7, 11) is -4.30. The highest BCUT2D eigenvalue weighted by Gasteiger charge is 2.35. The van der Waals surface area contributed by atoms with E-state index in [-0.39, 0.29) is 32.1 Å². The Kier molecular flexibility index (Phi) is 6.54. The number of amides is 1. The molecule has 162 valence electrons. The molecule has 30 heavy (non-hydrogen) atoms. The van der Waals surface area contributed by atoms with Gasteiger partial charge in [0, 0.05) is 31.9 Å². The fraction of sp³-hybridized carbons (Fsp3) is 0.381. The van der Waals surface area contributed by atoms with Crippen LogP contribution in [0.1, 0.15) is 18.1 Å². The zero-order valence-corrected chi connectivity index (χ0v) is 18.0. The van der Waals surface area contributed by atoms with Gasteiger partial charge in [0.1, 0.15) is 11.6 Å². The van der Waals surface area contributed by atoms with Gasteiger partial charge in [0.15, 0.2) is 4.90 Å². The molecular weight excluding hydrogens is 412 g/mol. The van der Waals surface area contributed by atoms with Crippen molar-refractivity contribution >= 4 is 21.6 Å². The number of halogens is 2. The Bertz CT molecular complexity index is 1010. The Morgan fingerprint density at radius 1 is 0.967 bits per heavy atom. The van der Waals surface area contributed by atoms with Crippen LogP contribution < -0.4 is 5.32 Å². The SMILES string of the molecule is Cc1cccc(C)c1NC(=O)C(C)N1CCN(S(=O)(=O)c2c(F)cccc2F)CC1. The number of nitrogens with zero attached hydrogens (tertiary/aromatic N) is 2. The van der Waals surface area contributed by atoms with Crippen molar-refractivity contribution in [1.29, 1.82) is 0 Å². The number of piperazine rings is 1. The first kappa shape index (κ1) is 22.3. The molecule has 0 bridgehead atoms. The molecule has 6 nitrogen and oxygen atoms in total. The highest BCUT2D eigenvalue weighted by molar-refractivity contribution is 7.89. The third-order valence-electron chi connectivity index (χ3n) is 5.45. The van der Waals surface area contributed by atoms with Crippen LogP contribution in [0.4, 0.5) is 14.5 Å². The van der Waals surface area contributed by atoms with E-state index in [9.17, 15) is 22.0 Å². The van der Waals surface area contributed by atoms with E-state index < -0.39 is 32.6 Å². The number of hydrogen-bond donors (Lipinski definition) is 1. The molecule has 1 amide bonds. The summed E-state index contributed by atoms with van der Waals surface area (Å²) in [6.45, 7) is 6.21. The predicted octanol–water partition coefficient (Wildman–Crippen LogP) is 2.92. The number of benzene rings is 2. The van der Waals surface area contributed by atoms with Gasteiger partial charge in [0.25, 0.3) is 0 Å². The molecule has 1 N–H and O–H groups in total. The minimum absolute atomic E-state index is 0.0388. The second-order valence-corrected chi connectivity index (χ2v) is 9.30. The summed E-state index contributed by atoms with van der Waals surface area (Å²) in [5, 5.41) is 2.95. The minimum atomic E-state index is -4.30. The fourth-order valence-electron chi connectivity index (χ4n) is 3.59. The molecule has 2 aromatic rings. The monoisotopic (exact) mass is 437 g/mol. The summed E-state index contributed by atoms with van der Waals surface area (Å²) < 4.78 is 54.4. The molecule has 1 aliphatic heterocycles. The van der Waals surface area contributed by atoms with Gasteiger partial charge >= 0.3 is 0 Å². The molecule has 2 aromatic carbocycles. The second kappa shape index (κ2) is 8.79. The standard InChI is InChI=1S/C21H25F2N3O3S/c1-14-6-4-7-15(2)19(14)24-21(27)16(3)25-10-12-26(13-11-25)30(28,29)20-17(22)8-5-9-18(20)23/h4-9,16H,10-13H2,1-3H3,(H,24,27). The van der Waals surface area contributed by atoms with Crippen LogP contribution in [0.5, 0.6) is 0 Å². The third kappa shape index (κ3) is 4.38. The first-order valence-electron chi connectivity index (χ1n) is 9.68. The Balaban J connectivity index is 1.67. The molecule has 3 rings (SSSR count). The van der Waals surface area contributed by atoms with Crippen molar-refractivity contribution in [3.8, 4) is 0 Å². The Labute approximate surface area is 175 Å². The lowest BCUT2D eigenvalue weighted by Crippen LogP contribution is -2.54. The minimum Gasteiger partial charge on any atom is -0.324 e. The third-order valence-corrected chi connectivity index (χ3v) is 7.40. The van der Waals surface area contributed by atoms with E-state index in [1.165, 1.54) is 0 Å². The maximum atomic E-state index is 14.0. The lowest BCUT2D eigenvalue weighted by molar-refractivity contribution is -0.121. The number of rotatable bonds is 5. The van der Waals surface area contributed by atoms with Crippen LogP contribution in [0.3, 0.4) is 0 Å². The van der Waals surface area contributed by atoms with Gasteiger partial charge in [-0.15, -0.1) is 0 Å². The lowest BCUT2D eigenvalue weighted by Gasteiger charge is -2.36. The van der Waals surface area contributed by atoms with Crippen LogP contribution in [-0.4, -0.2) is 55.8 Å². The maximum absolute atomic E-state index is 14.0. The fourth-order valence-corrected chi connectivity index (χ4v) is 5.13. The van der Waals surface area contributed by atoms with E-state index in [0.29, 0.717) is 0 Å². The average Bonchev–Trinajstić information content (AvgIpc) is 2.70. The van der Waals surface area contributed by atoms with E-state index >= 15 is 0 Å². The van der Waals surface area contributed by atoms with Crippen molar-refractivity contribution in [3.05, 3.63) is 59.2 Å². The van der Waals surface area contributed by atoms with Crippen molar-refractivity contribution in [2.24, 2.45) is 0 Å². The summed E-state index contributed by atoms with van der Waals surface area (Å²) in [6.07, 6.45) is 0. The van der Waals surface area contributed by atoms with Gasteiger partial charge in [-0.2, -0.15) is 4.31 Å². The van der Waals surface area contributed by atoms with Gasteiger partial charge in [-0.3, -0.25) is 9.69 Å². The van der Waals surface area contributed by atoms with Crippen molar-refractivity contribution in [3.63, 3.8) is 0 Å². The summed E-state index contributed by atoms with van der Waals surface area (Å²) >= 11 is 0. The van der Waals surface area contributed by atoms with E-state index in [2.05, 4.69) is 5.32 Å². The van der Waals surface area contributed by atoms with Gasteiger partial charge in [0.05, 0.1) is 6.04 Å². The summed E-state index contributed by atoms with van der Waals surface area (Å²) in [4.78, 5) is 13.6. The lowest BCUT2D eigenvalue weighted by atomic mass is 10.1. The van der Waals surface area contributed by atoms with Gasteiger partial charge < -0.3 is 5.32 Å². The van der Waals surface area contributed by atoms with Crippen molar-refractivity contribution < 1.29 is 22.0 Å². The average molecular weight is 438 g/mol. The maximum Gasteiger partial charge on any atom is 0.249 e. The van der Waals surface area contributed by atoms with E-state index in [1.54, 1.807) is 6.92 Å². The number of aryl methyl sites for hydroxylation is 2. The quantitative estimate of drug-likeness (QED) is 0.781. The van der Waals surface area contributed by atoms with Crippen LogP contribution in [0.15, 0.2) is 41.3 Å². The van der Waals surface area contributed by atoms with Crippen LogP contribution >= 0.6 is 0 Å². The number of anilines is 1. The molecule has 1 heterocycles. The van der Waals surface area contributed by atoms with Gasteiger partial charge in [-0.25, -0.2) is 17.2 Å². The first-order valence-corrected chi connectivity index (χ1v) is 11.1. The second-order valence-electron chi connectivity index (χ2n) is 7.42. The molecule has 0 radical (unpaired) electrons. The predicted molar refractivity (Wildman–Crippen MR) is 111 cm³/mol. The van der Waals surface area contributed by atoms with E-state index in [0.717, 1.165) is 39.3 Å². The highest BCUT2D eigenvalue weighted by Crippen LogP contribution is 2.24. The van der Waals surface area contributed by atoms with Crippen molar-refractivity contribution in [2.75, 3.05) is 31.5 Å². The Morgan fingerprint density at radius 3 is 2.00 bits per heavy atom. The summed E-state index contributed by atoms with van der Waals surface area (Å²) in [5.74, 6) is -2.42. The van der Waals surface area contributed by atoms with Crippen LogP contribution in [0.2, 0.25) is 0 Å². The van der Waals surface area contributed by atoms with Gasteiger partial charge in [-0.1, -0.05) is 24.3 Å².